The van der Waals surface area contributed by atoms with Crippen molar-refractivity contribution in [2.45, 2.75) is 31.5 Å². The first kappa shape index (κ1) is 23.4. The van der Waals surface area contributed by atoms with Gasteiger partial charge in [-0.15, -0.1) is 23.2 Å². The molecule has 0 aliphatic carbocycles. The second kappa shape index (κ2) is 10.3. The highest BCUT2D eigenvalue weighted by Gasteiger charge is 2.31. The van der Waals surface area contributed by atoms with Gasteiger partial charge < -0.3 is 29.9 Å². The number of benzene rings is 2. The van der Waals surface area contributed by atoms with E-state index in [0.29, 0.717) is 5.56 Å². The van der Waals surface area contributed by atoms with E-state index in [1.807, 2.05) is 13.8 Å². The van der Waals surface area contributed by atoms with Crippen LogP contribution in [0, 0.1) is 0 Å². The van der Waals surface area contributed by atoms with Gasteiger partial charge in [0.2, 0.25) is 5.75 Å². The van der Waals surface area contributed by atoms with Gasteiger partial charge in [0.05, 0.1) is 11.8 Å². The molecule has 0 bridgehead atoms. The van der Waals surface area contributed by atoms with Crippen molar-refractivity contribution in [2.24, 2.45) is 0 Å². The first-order valence-corrected chi connectivity index (χ1v) is 10.2. The lowest BCUT2D eigenvalue weighted by Crippen LogP contribution is -2.25. The van der Waals surface area contributed by atoms with Gasteiger partial charge in [-0.2, -0.15) is 0 Å². The number of aliphatic hydroxyl groups excluding tert-OH is 2. The fraction of sp³-hybridized carbons (Fsp3) is 0.429. The number of rotatable bonds is 10. The molecule has 2 unspecified atom stereocenters. The van der Waals surface area contributed by atoms with E-state index < -0.39 is 17.6 Å². The monoisotopic (exact) mass is 444 g/mol. The molecule has 0 fully saturated rings. The third kappa shape index (κ3) is 5.82. The molecule has 2 aromatic rings. The summed E-state index contributed by atoms with van der Waals surface area (Å²) >= 11 is 11.3. The van der Waals surface area contributed by atoms with Gasteiger partial charge in [-0.1, -0.05) is 32.0 Å². The minimum atomic E-state index is -0.925. The highest BCUT2D eigenvalue weighted by Crippen LogP contribution is 2.46. The third-order valence-corrected chi connectivity index (χ3v) is 5.26. The number of aromatic hydroxyl groups is 2. The van der Waals surface area contributed by atoms with E-state index >= 15 is 0 Å². The lowest BCUT2D eigenvalue weighted by molar-refractivity contribution is 0.107. The normalized spacial score (nSPS) is 13.7. The van der Waals surface area contributed by atoms with Crippen molar-refractivity contribution in [1.29, 1.82) is 0 Å². The molecule has 0 aliphatic heterocycles. The summed E-state index contributed by atoms with van der Waals surface area (Å²) in [4.78, 5) is 0. The van der Waals surface area contributed by atoms with Crippen LogP contribution in [0.3, 0.4) is 0 Å². The Bertz CT molecular complexity index is 795. The second-order valence-corrected chi connectivity index (χ2v) is 7.82. The fourth-order valence-electron chi connectivity index (χ4n) is 2.81. The summed E-state index contributed by atoms with van der Waals surface area (Å²) in [6.45, 7) is 3.65. The summed E-state index contributed by atoms with van der Waals surface area (Å²) in [6, 6.07) is 9.93. The Morgan fingerprint density at radius 2 is 1.34 bits per heavy atom. The molecule has 2 aromatic carbocycles. The Kier molecular flexibility index (Phi) is 8.28. The highest BCUT2D eigenvalue weighted by atomic mass is 35.5. The van der Waals surface area contributed by atoms with Crippen LogP contribution >= 0.6 is 23.2 Å². The van der Waals surface area contributed by atoms with Gasteiger partial charge >= 0.3 is 0 Å². The van der Waals surface area contributed by atoms with Gasteiger partial charge in [-0.25, -0.2) is 0 Å². The average Bonchev–Trinajstić information content (AvgIpc) is 2.70. The van der Waals surface area contributed by atoms with Crippen molar-refractivity contribution in [3.63, 3.8) is 0 Å². The molecule has 6 nitrogen and oxygen atoms in total. The second-order valence-electron chi connectivity index (χ2n) is 7.20. The summed E-state index contributed by atoms with van der Waals surface area (Å²) in [6.07, 6.45) is -1.84. The van der Waals surface area contributed by atoms with Crippen LogP contribution < -0.4 is 9.47 Å². The van der Waals surface area contributed by atoms with Crippen LogP contribution in [0.1, 0.15) is 25.0 Å². The van der Waals surface area contributed by atoms with Gasteiger partial charge in [0, 0.05) is 11.0 Å². The van der Waals surface area contributed by atoms with Crippen molar-refractivity contribution in [3.05, 3.63) is 47.5 Å². The van der Waals surface area contributed by atoms with Crippen molar-refractivity contribution >= 4 is 23.2 Å². The van der Waals surface area contributed by atoms with Crippen LogP contribution in [0.2, 0.25) is 0 Å². The van der Waals surface area contributed by atoms with Gasteiger partial charge in [0.25, 0.3) is 0 Å². The predicted octanol–water partition coefficient (Wildman–Crippen LogP) is 3.38. The lowest BCUT2D eigenvalue weighted by atomic mass is 9.77. The molecule has 0 radical (unpaired) electrons. The van der Waals surface area contributed by atoms with Crippen molar-refractivity contribution in [1.82, 2.24) is 0 Å². The molecule has 2 rings (SSSR count). The molecular weight excluding hydrogens is 419 g/mol. The number of hydrogen-bond donors (Lipinski definition) is 4. The molecule has 0 aromatic heterocycles. The van der Waals surface area contributed by atoms with E-state index in [9.17, 15) is 20.4 Å². The Hall–Kier alpha value is -1.86. The summed E-state index contributed by atoms with van der Waals surface area (Å²) in [7, 11) is 0. The first-order valence-electron chi connectivity index (χ1n) is 9.10. The third-order valence-electron chi connectivity index (χ3n) is 4.55. The Labute approximate surface area is 180 Å². The number of hydrogen-bond acceptors (Lipinski definition) is 6. The zero-order valence-corrected chi connectivity index (χ0v) is 17.8. The quantitative estimate of drug-likeness (QED) is 0.419. The SMILES string of the molecule is CC(C)(c1ccc(O)cc1)c1ccc(O)c(OCC(O)CCl)c1OCC(O)CCl. The molecular formula is C21H26Cl2O6. The molecule has 4 N–H and O–H groups in total. The predicted molar refractivity (Wildman–Crippen MR) is 113 cm³/mol. The maximum atomic E-state index is 10.4. The van der Waals surface area contributed by atoms with Gasteiger partial charge in [0.1, 0.15) is 31.2 Å². The van der Waals surface area contributed by atoms with E-state index in [-0.39, 0.29) is 48.0 Å². The molecule has 29 heavy (non-hydrogen) atoms. The summed E-state index contributed by atoms with van der Waals surface area (Å²) in [5, 5.41) is 39.5. The Morgan fingerprint density at radius 3 is 1.86 bits per heavy atom. The molecule has 0 spiro atoms. The van der Waals surface area contributed by atoms with Crippen LogP contribution in [0.4, 0.5) is 0 Å². The van der Waals surface area contributed by atoms with E-state index in [1.165, 1.54) is 6.07 Å². The standard InChI is InChI=1S/C21H26Cl2O6/c1-21(2,13-3-5-14(24)6-4-13)17-7-8-18(27)20(29-12-16(26)10-23)19(17)28-11-15(25)9-22/h3-8,15-16,24-27H,9-12H2,1-2H3. The first-order chi connectivity index (χ1) is 13.7. The summed E-state index contributed by atoms with van der Waals surface area (Å²) in [5.41, 5.74) is 0.958. The molecule has 8 heteroatoms. The zero-order chi connectivity index (χ0) is 21.6. The number of ether oxygens (including phenoxy) is 2. The number of phenolic OH excluding ortho intramolecular Hbond substituents is 2. The molecule has 0 saturated heterocycles. The molecule has 0 amide bonds. The van der Waals surface area contributed by atoms with Crippen LogP contribution in [-0.4, -0.2) is 57.6 Å². The minimum absolute atomic E-state index is 0.0172. The summed E-state index contributed by atoms with van der Waals surface area (Å²) in [5.74, 6) is 0.204. The van der Waals surface area contributed by atoms with E-state index in [2.05, 4.69) is 0 Å². The Balaban J connectivity index is 2.52. The smallest absolute Gasteiger partial charge is 0.203 e. The fourth-order valence-corrected chi connectivity index (χ4v) is 2.99. The Morgan fingerprint density at radius 1 is 0.828 bits per heavy atom. The molecule has 0 aliphatic rings. The lowest BCUT2D eigenvalue weighted by Gasteiger charge is -2.30. The molecule has 160 valence electrons. The topological polar surface area (TPSA) is 99.4 Å². The number of phenols is 2. The van der Waals surface area contributed by atoms with E-state index in [0.717, 1.165) is 5.56 Å². The average molecular weight is 445 g/mol. The van der Waals surface area contributed by atoms with E-state index in [4.69, 9.17) is 32.7 Å². The highest BCUT2D eigenvalue weighted by molar-refractivity contribution is 6.18. The van der Waals surface area contributed by atoms with Crippen LogP contribution in [0.25, 0.3) is 0 Å². The van der Waals surface area contributed by atoms with Crippen molar-refractivity contribution in [2.75, 3.05) is 25.0 Å². The molecule has 0 saturated carbocycles. The van der Waals surface area contributed by atoms with Crippen LogP contribution in [-0.2, 0) is 5.41 Å². The molecule has 2 atom stereocenters. The van der Waals surface area contributed by atoms with E-state index in [1.54, 1.807) is 30.3 Å². The largest absolute Gasteiger partial charge is 0.508 e. The van der Waals surface area contributed by atoms with Gasteiger partial charge in [0.15, 0.2) is 11.5 Å². The van der Waals surface area contributed by atoms with Crippen LogP contribution in [0.5, 0.6) is 23.0 Å². The minimum Gasteiger partial charge on any atom is -0.508 e. The van der Waals surface area contributed by atoms with Gasteiger partial charge in [-0.3, -0.25) is 0 Å². The number of aliphatic hydroxyl groups is 2. The maximum Gasteiger partial charge on any atom is 0.203 e. The summed E-state index contributed by atoms with van der Waals surface area (Å²) < 4.78 is 11.4. The number of halogens is 2. The maximum absolute atomic E-state index is 10.4. The zero-order valence-electron chi connectivity index (χ0n) is 16.3. The van der Waals surface area contributed by atoms with Crippen molar-refractivity contribution < 1.29 is 29.9 Å². The number of alkyl halides is 2. The van der Waals surface area contributed by atoms with Crippen LogP contribution in [0.15, 0.2) is 36.4 Å². The molecule has 0 heterocycles. The van der Waals surface area contributed by atoms with Crippen molar-refractivity contribution in [3.8, 4) is 23.0 Å². The van der Waals surface area contributed by atoms with Gasteiger partial charge in [-0.05, 0) is 23.8 Å².